The summed E-state index contributed by atoms with van der Waals surface area (Å²) in [6, 6.07) is 15.3. The third kappa shape index (κ3) is 3.51. The minimum atomic E-state index is -0.201. The quantitative estimate of drug-likeness (QED) is 0.676. The Morgan fingerprint density at radius 2 is 1.35 bits per heavy atom. The van der Waals surface area contributed by atoms with Crippen molar-refractivity contribution >= 4 is 0 Å². The molecule has 2 aromatic heterocycles. The second kappa shape index (κ2) is 7.75. The molecule has 4 rings (SSSR count). The van der Waals surface area contributed by atoms with Crippen molar-refractivity contribution in [1.29, 1.82) is 0 Å². The summed E-state index contributed by atoms with van der Waals surface area (Å²) in [6.45, 7) is 2.11. The maximum Gasteiger partial charge on any atom is 0.123 e. The van der Waals surface area contributed by atoms with Crippen molar-refractivity contribution in [1.82, 2.24) is 14.9 Å². The van der Waals surface area contributed by atoms with Crippen molar-refractivity contribution in [3.05, 3.63) is 95.8 Å². The van der Waals surface area contributed by atoms with Crippen molar-refractivity contribution in [3.63, 3.8) is 0 Å². The summed E-state index contributed by atoms with van der Waals surface area (Å²) in [5.74, 6) is -0.103. The monoisotopic (exact) mass is 347 g/mol. The molecule has 3 aromatic rings. The normalized spacial score (nSPS) is 16.1. The van der Waals surface area contributed by atoms with Crippen molar-refractivity contribution < 1.29 is 4.39 Å². The lowest BCUT2D eigenvalue weighted by Crippen LogP contribution is -2.31. The molecule has 1 fully saturated rings. The van der Waals surface area contributed by atoms with Crippen LogP contribution in [-0.2, 0) is 0 Å². The summed E-state index contributed by atoms with van der Waals surface area (Å²) in [5, 5.41) is 0. The van der Waals surface area contributed by atoms with E-state index in [0.29, 0.717) is 0 Å². The fraction of sp³-hybridized carbons (Fsp3) is 0.273. The van der Waals surface area contributed by atoms with Gasteiger partial charge in [0.25, 0.3) is 0 Å². The first-order valence-corrected chi connectivity index (χ1v) is 9.12. The molecular weight excluding hydrogens is 325 g/mol. The average Bonchev–Trinajstić information content (AvgIpc) is 3.22. The molecule has 1 atom stereocenters. The van der Waals surface area contributed by atoms with Crippen LogP contribution in [0.4, 0.5) is 4.39 Å². The van der Waals surface area contributed by atoms with E-state index in [9.17, 15) is 4.39 Å². The SMILES string of the molecule is Fc1ccc(C(C(c2cccnc2)c2cccnc2)N2CCCC2)cc1. The van der Waals surface area contributed by atoms with Crippen molar-refractivity contribution in [3.8, 4) is 0 Å². The molecule has 26 heavy (non-hydrogen) atoms. The highest BCUT2D eigenvalue weighted by molar-refractivity contribution is 5.36. The van der Waals surface area contributed by atoms with Crippen molar-refractivity contribution in [2.24, 2.45) is 0 Å². The summed E-state index contributed by atoms with van der Waals surface area (Å²) >= 11 is 0. The number of aromatic nitrogens is 2. The number of halogens is 1. The zero-order valence-electron chi connectivity index (χ0n) is 14.6. The van der Waals surface area contributed by atoms with Gasteiger partial charge in [-0.2, -0.15) is 0 Å². The Labute approximate surface area is 153 Å². The van der Waals surface area contributed by atoms with Gasteiger partial charge in [0.05, 0.1) is 0 Å². The van der Waals surface area contributed by atoms with Gasteiger partial charge in [0.2, 0.25) is 0 Å². The summed E-state index contributed by atoms with van der Waals surface area (Å²) in [5.41, 5.74) is 3.44. The average molecular weight is 347 g/mol. The lowest BCUT2D eigenvalue weighted by molar-refractivity contribution is 0.225. The smallest absolute Gasteiger partial charge is 0.123 e. The van der Waals surface area contributed by atoms with Gasteiger partial charge in [0, 0.05) is 36.7 Å². The second-order valence-corrected chi connectivity index (χ2v) is 6.79. The van der Waals surface area contributed by atoms with E-state index in [4.69, 9.17) is 0 Å². The second-order valence-electron chi connectivity index (χ2n) is 6.79. The molecule has 3 nitrogen and oxygen atoms in total. The number of rotatable bonds is 5. The van der Waals surface area contributed by atoms with Gasteiger partial charge in [-0.25, -0.2) is 4.39 Å². The van der Waals surface area contributed by atoms with Crippen LogP contribution in [0.2, 0.25) is 0 Å². The third-order valence-corrected chi connectivity index (χ3v) is 5.15. The standard InChI is InChI=1S/C22H22FN3/c23-20-9-7-17(8-10-20)22(26-13-1-2-14-26)21(18-5-3-11-24-15-18)19-6-4-12-25-16-19/h3-12,15-16,21-22H,1-2,13-14H2. The number of benzene rings is 1. The highest BCUT2D eigenvalue weighted by atomic mass is 19.1. The molecular formula is C22H22FN3. The van der Waals surface area contributed by atoms with E-state index < -0.39 is 0 Å². The topological polar surface area (TPSA) is 29.0 Å². The highest BCUT2D eigenvalue weighted by Crippen LogP contribution is 2.41. The van der Waals surface area contributed by atoms with Crippen LogP contribution in [-0.4, -0.2) is 28.0 Å². The fourth-order valence-corrected chi connectivity index (χ4v) is 3.97. The Hall–Kier alpha value is -2.59. The molecule has 0 amide bonds. The lowest BCUT2D eigenvalue weighted by atomic mass is 9.82. The molecule has 1 aliphatic rings. The molecule has 0 spiro atoms. The minimum absolute atomic E-state index is 0.0981. The van der Waals surface area contributed by atoms with E-state index in [0.717, 1.165) is 29.8 Å². The number of nitrogens with zero attached hydrogens (tertiary/aromatic N) is 3. The summed E-state index contributed by atoms with van der Waals surface area (Å²) in [6.07, 6.45) is 9.86. The first-order chi connectivity index (χ1) is 12.8. The number of likely N-dealkylation sites (tertiary alicyclic amines) is 1. The maximum atomic E-state index is 13.5. The zero-order valence-corrected chi connectivity index (χ0v) is 14.6. The van der Waals surface area contributed by atoms with Crippen molar-refractivity contribution in [2.45, 2.75) is 24.8 Å². The molecule has 1 saturated heterocycles. The van der Waals surface area contributed by atoms with Crippen LogP contribution in [0.5, 0.6) is 0 Å². The van der Waals surface area contributed by atoms with Crippen LogP contribution in [0.1, 0.15) is 41.5 Å². The van der Waals surface area contributed by atoms with Crippen LogP contribution < -0.4 is 0 Å². The Morgan fingerprint density at radius 3 is 1.85 bits per heavy atom. The zero-order chi connectivity index (χ0) is 17.8. The Morgan fingerprint density at radius 1 is 0.769 bits per heavy atom. The largest absolute Gasteiger partial charge is 0.295 e. The molecule has 3 heterocycles. The van der Waals surface area contributed by atoms with Gasteiger partial charge in [-0.15, -0.1) is 0 Å². The lowest BCUT2D eigenvalue weighted by Gasteiger charge is -2.35. The predicted octanol–water partition coefficient (Wildman–Crippen LogP) is 4.58. The van der Waals surface area contributed by atoms with Gasteiger partial charge in [-0.05, 0) is 66.9 Å². The molecule has 1 aromatic carbocycles. The molecule has 0 N–H and O–H groups in total. The van der Waals surface area contributed by atoms with Crippen LogP contribution in [0, 0.1) is 5.82 Å². The molecule has 4 heteroatoms. The molecule has 132 valence electrons. The maximum absolute atomic E-state index is 13.5. The summed E-state index contributed by atoms with van der Waals surface area (Å²) in [4.78, 5) is 11.2. The molecule has 0 radical (unpaired) electrons. The van der Waals surface area contributed by atoms with Crippen LogP contribution in [0.3, 0.4) is 0 Å². The molecule has 1 unspecified atom stereocenters. The molecule has 0 saturated carbocycles. The van der Waals surface area contributed by atoms with Gasteiger partial charge in [0.1, 0.15) is 5.82 Å². The first kappa shape index (κ1) is 16.9. The predicted molar refractivity (Wildman–Crippen MR) is 100 cm³/mol. The number of pyridine rings is 2. The van der Waals surface area contributed by atoms with Crippen LogP contribution in [0.15, 0.2) is 73.3 Å². The van der Waals surface area contributed by atoms with E-state index in [1.807, 2.05) is 36.7 Å². The highest BCUT2D eigenvalue weighted by Gasteiger charge is 2.33. The van der Waals surface area contributed by atoms with Gasteiger partial charge in [-0.3, -0.25) is 14.9 Å². The number of hydrogen-bond acceptors (Lipinski definition) is 3. The molecule has 1 aliphatic heterocycles. The summed E-state index contributed by atoms with van der Waals surface area (Å²) in [7, 11) is 0. The Balaban J connectivity index is 1.84. The third-order valence-electron chi connectivity index (χ3n) is 5.15. The van der Waals surface area contributed by atoms with E-state index in [2.05, 4.69) is 27.0 Å². The summed E-state index contributed by atoms with van der Waals surface area (Å²) < 4.78 is 13.5. The van der Waals surface area contributed by atoms with E-state index in [1.165, 1.54) is 12.8 Å². The van der Waals surface area contributed by atoms with Crippen LogP contribution in [0.25, 0.3) is 0 Å². The fourth-order valence-electron chi connectivity index (χ4n) is 3.97. The Kier molecular flexibility index (Phi) is 5.02. The van der Waals surface area contributed by atoms with Gasteiger partial charge < -0.3 is 0 Å². The van der Waals surface area contributed by atoms with E-state index in [1.54, 1.807) is 24.5 Å². The van der Waals surface area contributed by atoms with E-state index >= 15 is 0 Å². The number of hydrogen-bond donors (Lipinski definition) is 0. The molecule has 0 bridgehead atoms. The Bertz CT molecular complexity index is 776. The minimum Gasteiger partial charge on any atom is -0.295 e. The van der Waals surface area contributed by atoms with Gasteiger partial charge in [-0.1, -0.05) is 24.3 Å². The first-order valence-electron chi connectivity index (χ1n) is 9.12. The van der Waals surface area contributed by atoms with Gasteiger partial charge in [0.15, 0.2) is 0 Å². The van der Waals surface area contributed by atoms with Gasteiger partial charge >= 0.3 is 0 Å². The van der Waals surface area contributed by atoms with Crippen LogP contribution >= 0.6 is 0 Å². The van der Waals surface area contributed by atoms with E-state index in [-0.39, 0.29) is 17.8 Å². The van der Waals surface area contributed by atoms with Crippen molar-refractivity contribution in [2.75, 3.05) is 13.1 Å². The molecule has 0 aliphatic carbocycles.